The number of hydrogen-bond donors (Lipinski definition) is 1. The molecule has 16 heavy (non-hydrogen) atoms. The minimum absolute atomic E-state index is 0.0857. The van der Waals surface area contributed by atoms with E-state index in [1.54, 1.807) is 0 Å². The zero-order valence-electron chi connectivity index (χ0n) is 8.80. The van der Waals surface area contributed by atoms with Crippen LogP contribution in [0.5, 0.6) is 0 Å². The summed E-state index contributed by atoms with van der Waals surface area (Å²) in [6.45, 7) is 1.89. The van der Waals surface area contributed by atoms with Crippen molar-refractivity contribution in [2.45, 2.75) is 12.5 Å². The third-order valence-electron chi connectivity index (χ3n) is 2.79. The lowest BCUT2D eigenvalue weighted by molar-refractivity contribution is 0.0743. The zero-order chi connectivity index (χ0) is 11.7. The Hall–Kier alpha value is 0.0900. The van der Waals surface area contributed by atoms with Crippen LogP contribution in [-0.4, -0.2) is 37.0 Å². The summed E-state index contributed by atoms with van der Waals surface area (Å²) in [5.41, 5.74) is 0.742. The van der Waals surface area contributed by atoms with Crippen LogP contribution in [0.4, 0.5) is 0 Å². The van der Waals surface area contributed by atoms with E-state index < -0.39 is 0 Å². The number of carbonyl (C=O) groups excluding carboxylic acids is 1. The van der Waals surface area contributed by atoms with Crippen molar-refractivity contribution in [1.82, 2.24) is 10.2 Å². The molecule has 1 atom stereocenters. The Morgan fingerprint density at radius 2 is 2.38 bits per heavy atom. The molecule has 6 heteroatoms. The first-order valence-electron chi connectivity index (χ1n) is 5.02. The van der Waals surface area contributed by atoms with Crippen molar-refractivity contribution >= 4 is 49.1 Å². The predicted molar refractivity (Wildman–Crippen MR) is 73.1 cm³/mol. The molecule has 1 amide bonds. The van der Waals surface area contributed by atoms with Gasteiger partial charge < -0.3 is 10.2 Å². The number of nitrogens with zero attached hydrogens (tertiary/aromatic N) is 1. The van der Waals surface area contributed by atoms with Crippen LogP contribution >= 0.6 is 43.2 Å². The van der Waals surface area contributed by atoms with Gasteiger partial charge in [-0.15, -0.1) is 11.3 Å². The Morgan fingerprint density at radius 3 is 2.88 bits per heavy atom. The second-order valence-corrected chi connectivity index (χ2v) is 7.55. The fourth-order valence-corrected chi connectivity index (χ4v) is 4.59. The van der Waals surface area contributed by atoms with Crippen LogP contribution in [0.3, 0.4) is 0 Å². The number of likely N-dealkylation sites (N-methyl/N-ethyl adjacent to an activating group) is 1. The Balaban J connectivity index is 2.14. The number of hydrogen-bond acceptors (Lipinski definition) is 3. The average Bonchev–Trinajstić information content (AvgIpc) is 2.85. The minimum atomic E-state index is 0.0857. The van der Waals surface area contributed by atoms with Gasteiger partial charge in [-0.25, -0.2) is 0 Å². The summed E-state index contributed by atoms with van der Waals surface area (Å²) in [5.74, 6) is 0.0857. The molecule has 0 aromatic carbocycles. The lowest BCUT2D eigenvalue weighted by Crippen LogP contribution is -2.38. The summed E-state index contributed by atoms with van der Waals surface area (Å²) < 4.78 is 1.86. The second kappa shape index (κ2) is 5.16. The van der Waals surface area contributed by atoms with E-state index in [2.05, 4.69) is 37.2 Å². The number of thiophene rings is 1. The SMILES string of the molecule is CN(C(=O)c1cc(Br)sc1Br)C1CCNC1. The van der Waals surface area contributed by atoms with Gasteiger partial charge in [0.05, 0.1) is 13.1 Å². The molecule has 3 nitrogen and oxygen atoms in total. The number of nitrogens with one attached hydrogen (secondary N) is 1. The topological polar surface area (TPSA) is 32.3 Å². The molecule has 2 heterocycles. The maximum absolute atomic E-state index is 12.2. The predicted octanol–water partition coefficient (Wildman–Crippen LogP) is 2.71. The van der Waals surface area contributed by atoms with Crippen LogP contribution in [0, 0.1) is 0 Å². The molecule has 1 aliphatic rings. The maximum atomic E-state index is 12.2. The highest BCUT2D eigenvalue weighted by Crippen LogP contribution is 2.32. The standard InChI is InChI=1S/C10H12Br2N2OS/c1-14(6-2-3-13-5-6)10(15)7-4-8(11)16-9(7)12/h4,6,13H,2-3,5H2,1H3. The average molecular weight is 368 g/mol. The summed E-state index contributed by atoms with van der Waals surface area (Å²) >= 11 is 8.34. The largest absolute Gasteiger partial charge is 0.337 e. The van der Waals surface area contributed by atoms with Crippen LogP contribution in [0.25, 0.3) is 0 Å². The third kappa shape index (κ3) is 2.50. The molecule has 0 bridgehead atoms. The van der Waals surface area contributed by atoms with Crippen molar-refractivity contribution in [2.75, 3.05) is 20.1 Å². The van der Waals surface area contributed by atoms with E-state index >= 15 is 0 Å². The fourth-order valence-electron chi connectivity index (χ4n) is 1.81. The summed E-state index contributed by atoms with van der Waals surface area (Å²) in [6, 6.07) is 2.19. The molecule has 0 saturated carbocycles. The first kappa shape index (κ1) is 12.5. The number of amides is 1. The Bertz CT molecular complexity index is 402. The summed E-state index contributed by atoms with van der Waals surface area (Å²) in [5, 5.41) is 3.27. The molecule has 1 aromatic rings. The number of carbonyl (C=O) groups is 1. The highest BCUT2D eigenvalue weighted by molar-refractivity contribution is 9.12. The van der Waals surface area contributed by atoms with Gasteiger partial charge in [0.25, 0.3) is 5.91 Å². The van der Waals surface area contributed by atoms with Crippen LogP contribution in [0.2, 0.25) is 0 Å². The lowest BCUT2D eigenvalue weighted by Gasteiger charge is -2.23. The molecule has 1 aliphatic heterocycles. The van der Waals surface area contributed by atoms with Gasteiger partial charge in [-0.3, -0.25) is 4.79 Å². The number of halogens is 2. The van der Waals surface area contributed by atoms with Crippen LogP contribution in [-0.2, 0) is 0 Å². The van der Waals surface area contributed by atoms with E-state index in [9.17, 15) is 4.79 Å². The fraction of sp³-hybridized carbons (Fsp3) is 0.500. The molecule has 1 saturated heterocycles. The van der Waals surface area contributed by atoms with Gasteiger partial charge >= 0.3 is 0 Å². The molecule has 1 aromatic heterocycles. The van der Waals surface area contributed by atoms with Crippen molar-refractivity contribution in [3.05, 3.63) is 19.2 Å². The third-order valence-corrected chi connectivity index (χ3v) is 5.13. The van der Waals surface area contributed by atoms with Gasteiger partial charge in [0.15, 0.2) is 0 Å². The van der Waals surface area contributed by atoms with Crippen molar-refractivity contribution in [3.63, 3.8) is 0 Å². The smallest absolute Gasteiger partial charge is 0.255 e. The Kier molecular flexibility index (Phi) is 4.05. The van der Waals surface area contributed by atoms with E-state index in [0.717, 1.165) is 32.6 Å². The molecule has 88 valence electrons. The lowest BCUT2D eigenvalue weighted by atomic mass is 10.2. The highest BCUT2D eigenvalue weighted by Gasteiger charge is 2.25. The van der Waals surface area contributed by atoms with Crippen molar-refractivity contribution in [3.8, 4) is 0 Å². The van der Waals surface area contributed by atoms with E-state index in [0.29, 0.717) is 6.04 Å². The van der Waals surface area contributed by atoms with E-state index in [1.165, 1.54) is 11.3 Å². The Morgan fingerprint density at radius 1 is 1.62 bits per heavy atom. The summed E-state index contributed by atoms with van der Waals surface area (Å²) in [7, 11) is 1.87. The zero-order valence-corrected chi connectivity index (χ0v) is 12.8. The molecule has 2 rings (SSSR count). The van der Waals surface area contributed by atoms with E-state index in [1.807, 2.05) is 18.0 Å². The molecular formula is C10H12Br2N2OS. The van der Waals surface area contributed by atoms with E-state index in [4.69, 9.17) is 0 Å². The molecule has 0 aliphatic carbocycles. The highest BCUT2D eigenvalue weighted by atomic mass is 79.9. The number of rotatable bonds is 2. The van der Waals surface area contributed by atoms with Crippen LogP contribution < -0.4 is 5.32 Å². The van der Waals surface area contributed by atoms with Crippen LogP contribution in [0.15, 0.2) is 13.6 Å². The quantitative estimate of drug-likeness (QED) is 0.871. The maximum Gasteiger partial charge on any atom is 0.255 e. The molecule has 1 N–H and O–H groups in total. The molecule has 1 unspecified atom stereocenters. The van der Waals surface area contributed by atoms with E-state index in [-0.39, 0.29) is 5.91 Å². The first-order valence-corrected chi connectivity index (χ1v) is 7.42. The van der Waals surface area contributed by atoms with Gasteiger partial charge in [-0.2, -0.15) is 0 Å². The van der Waals surface area contributed by atoms with Gasteiger partial charge in [0.1, 0.15) is 0 Å². The van der Waals surface area contributed by atoms with Gasteiger partial charge in [0.2, 0.25) is 0 Å². The summed E-state index contributed by atoms with van der Waals surface area (Å²) in [4.78, 5) is 14.1. The van der Waals surface area contributed by atoms with Crippen LogP contribution in [0.1, 0.15) is 16.8 Å². The van der Waals surface area contributed by atoms with Gasteiger partial charge in [-0.1, -0.05) is 0 Å². The summed E-state index contributed by atoms with van der Waals surface area (Å²) in [6.07, 6.45) is 1.03. The van der Waals surface area contributed by atoms with Gasteiger partial charge in [0, 0.05) is 19.6 Å². The van der Waals surface area contributed by atoms with Crippen molar-refractivity contribution < 1.29 is 4.79 Å². The second-order valence-electron chi connectivity index (χ2n) is 3.80. The molecular weight excluding hydrogens is 356 g/mol. The molecule has 1 fully saturated rings. The van der Waals surface area contributed by atoms with Crippen molar-refractivity contribution in [2.24, 2.45) is 0 Å². The molecule has 0 radical (unpaired) electrons. The normalized spacial score (nSPS) is 20.1. The Labute approximate surface area is 115 Å². The molecule has 0 spiro atoms. The monoisotopic (exact) mass is 366 g/mol. The first-order chi connectivity index (χ1) is 7.59. The van der Waals surface area contributed by atoms with Gasteiger partial charge in [-0.05, 0) is 50.9 Å². The minimum Gasteiger partial charge on any atom is -0.337 e. The van der Waals surface area contributed by atoms with Crippen molar-refractivity contribution in [1.29, 1.82) is 0 Å².